The minimum Gasteiger partial charge on any atom is -0.326 e. The molecule has 0 spiro atoms. The standard InChI is InChI=1S/C10H9BrClFN2O/c1-14-2-3-15(10(14)16)9-7(12)4-6(11)5-8(9)13/h4-5H,2-3H2,1H3. The Bertz CT molecular complexity index is 431. The molecule has 1 aliphatic rings. The van der Waals surface area contributed by atoms with Crippen LogP contribution in [0.25, 0.3) is 0 Å². The van der Waals surface area contributed by atoms with Crippen molar-refractivity contribution in [3.63, 3.8) is 0 Å². The van der Waals surface area contributed by atoms with Crippen molar-refractivity contribution >= 4 is 39.2 Å². The van der Waals surface area contributed by atoms with E-state index in [9.17, 15) is 9.18 Å². The highest BCUT2D eigenvalue weighted by Gasteiger charge is 2.30. The number of halogens is 3. The van der Waals surface area contributed by atoms with Crippen LogP contribution in [0.15, 0.2) is 16.6 Å². The number of hydrogen-bond acceptors (Lipinski definition) is 1. The molecule has 0 aliphatic carbocycles. The molecule has 0 bridgehead atoms. The van der Waals surface area contributed by atoms with Crippen LogP contribution in [0.2, 0.25) is 5.02 Å². The van der Waals surface area contributed by atoms with Gasteiger partial charge in [-0.2, -0.15) is 0 Å². The average Bonchev–Trinajstić information content (AvgIpc) is 2.48. The van der Waals surface area contributed by atoms with E-state index in [-0.39, 0.29) is 16.7 Å². The molecule has 1 aliphatic heterocycles. The third kappa shape index (κ3) is 1.89. The first-order valence-corrected chi connectivity index (χ1v) is 5.85. The van der Waals surface area contributed by atoms with Crippen molar-refractivity contribution in [3.8, 4) is 0 Å². The number of anilines is 1. The van der Waals surface area contributed by atoms with Crippen LogP contribution in [0.5, 0.6) is 0 Å². The van der Waals surface area contributed by atoms with Crippen LogP contribution in [0.4, 0.5) is 14.9 Å². The molecule has 0 saturated carbocycles. The fraction of sp³-hybridized carbons (Fsp3) is 0.300. The van der Waals surface area contributed by atoms with Gasteiger partial charge in [0, 0.05) is 24.6 Å². The predicted octanol–water partition coefficient (Wildman–Crippen LogP) is 3.11. The monoisotopic (exact) mass is 306 g/mol. The maximum Gasteiger partial charge on any atom is 0.324 e. The van der Waals surface area contributed by atoms with Gasteiger partial charge in [-0.05, 0) is 12.1 Å². The van der Waals surface area contributed by atoms with Crippen LogP contribution in [0.3, 0.4) is 0 Å². The minimum atomic E-state index is -0.497. The Balaban J connectivity index is 2.45. The second-order valence-corrected chi connectivity index (χ2v) is 4.90. The molecule has 2 amide bonds. The lowest BCUT2D eigenvalue weighted by atomic mass is 10.3. The average molecular weight is 308 g/mol. The van der Waals surface area contributed by atoms with Crippen LogP contribution in [0, 0.1) is 5.82 Å². The van der Waals surface area contributed by atoms with E-state index in [1.807, 2.05) is 0 Å². The van der Waals surface area contributed by atoms with Gasteiger partial charge in [-0.3, -0.25) is 4.90 Å². The molecule has 2 rings (SSSR count). The van der Waals surface area contributed by atoms with E-state index in [0.717, 1.165) is 0 Å². The van der Waals surface area contributed by atoms with Gasteiger partial charge >= 0.3 is 6.03 Å². The van der Waals surface area contributed by atoms with Gasteiger partial charge in [-0.1, -0.05) is 27.5 Å². The molecule has 1 aromatic rings. The minimum absolute atomic E-state index is 0.152. The van der Waals surface area contributed by atoms with Gasteiger partial charge in [0.1, 0.15) is 11.5 Å². The summed E-state index contributed by atoms with van der Waals surface area (Å²) in [5.41, 5.74) is 0.152. The highest BCUT2D eigenvalue weighted by atomic mass is 79.9. The van der Waals surface area contributed by atoms with Crippen LogP contribution in [-0.4, -0.2) is 31.1 Å². The summed E-state index contributed by atoms with van der Waals surface area (Å²) < 4.78 is 14.3. The Morgan fingerprint density at radius 3 is 2.62 bits per heavy atom. The van der Waals surface area contributed by atoms with Gasteiger partial charge < -0.3 is 4.90 Å². The molecule has 86 valence electrons. The van der Waals surface area contributed by atoms with Crippen molar-refractivity contribution in [2.75, 3.05) is 25.0 Å². The first kappa shape index (κ1) is 11.7. The van der Waals surface area contributed by atoms with E-state index in [0.29, 0.717) is 17.6 Å². The quantitative estimate of drug-likeness (QED) is 0.782. The molecule has 0 N–H and O–H groups in total. The van der Waals surface area contributed by atoms with E-state index in [1.165, 1.54) is 15.9 Å². The maximum atomic E-state index is 13.7. The van der Waals surface area contributed by atoms with Gasteiger partial charge in [0.15, 0.2) is 0 Å². The molecule has 1 aromatic carbocycles. The third-order valence-electron chi connectivity index (χ3n) is 2.47. The summed E-state index contributed by atoms with van der Waals surface area (Å²) in [6, 6.07) is 2.64. The van der Waals surface area contributed by atoms with E-state index in [2.05, 4.69) is 15.9 Å². The lowest BCUT2D eigenvalue weighted by Gasteiger charge is -2.18. The fourth-order valence-electron chi connectivity index (χ4n) is 1.65. The lowest BCUT2D eigenvalue weighted by Crippen LogP contribution is -2.30. The number of benzene rings is 1. The van der Waals surface area contributed by atoms with E-state index >= 15 is 0 Å². The topological polar surface area (TPSA) is 23.6 Å². The molecular formula is C10H9BrClFN2O. The van der Waals surface area contributed by atoms with Crippen molar-refractivity contribution in [2.45, 2.75) is 0 Å². The summed E-state index contributed by atoms with van der Waals surface area (Å²) in [4.78, 5) is 14.6. The molecule has 1 saturated heterocycles. The number of carbonyl (C=O) groups excluding carboxylic acids is 1. The Labute approximate surface area is 106 Å². The maximum absolute atomic E-state index is 13.7. The molecule has 6 heteroatoms. The summed E-state index contributed by atoms with van der Waals surface area (Å²) in [5.74, 6) is -0.497. The van der Waals surface area contributed by atoms with Gasteiger partial charge in [0.25, 0.3) is 0 Å². The molecule has 1 fully saturated rings. The van der Waals surface area contributed by atoms with Crippen LogP contribution in [0.1, 0.15) is 0 Å². The molecule has 0 radical (unpaired) electrons. The number of hydrogen-bond donors (Lipinski definition) is 0. The highest BCUT2D eigenvalue weighted by Crippen LogP contribution is 2.33. The van der Waals surface area contributed by atoms with Gasteiger partial charge in [0.2, 0.25) is 0 Å². The summed E-state index contributed by atoms with van der Waals surface area (Å²) in [7, 11) is 1.67. The summed E-state index contributed by atoms with van der Waals surface area (Å²) in [6.45, 7) is 1.03. The zero-order valence-electron chi connectivity index (χ0n) is 8.51. The Kier molecular flexibility index (Phi) is 3.08. The molecule has 1 heterocycles. The number of carbonyl (C=O) groups is 1. The van der Waals surface area contributed by atoms with Crippen molar-refractivity contribution in [1.82, 2.24) is 4.90 Å². The van der Waals surface area contributed by atoms with Crippen molar-refractivity contribution in [1.29, 1.82) is 0 Å². The highest BCUT2D eigenvalue weighted by molar-refractivity contribution is 9.10. The van der Waals surface area contributed by atoms with Gasteiger partial charge in [-0.25, -0.2) is 9.18 Å². The van der Waals surface area contributed by atoms with Crippen LogP contribution < -0.4 is 4.90 Å². The fourth-order valence-corrected chi connectivity index (χ4v) is 2.52. The van der Waals surface area contributed by atoms with Gasteiger partial charge in [0.05, 0.1) is 5.02 Å². The molecule has 16 heavy (non-hydrogen) atoms. The van der Waals surface area contributed by atoms with Crippen LogP contribution in [-0.2, 0) is 0 Å². The zero-order chi connectivity index (χ0) is 11.9. The molecular weight excluding hydrogens is 298 g/mol. The zero-order valence-corrected chi connectivity index (χ0v) is 10.8. The second kappa shape index (κ2) is 4.22. The van der Waals surface area contributed by atoms with E-state index in [4.69, 9.17) is 11.6 Å². The molecule has 0 atom stereocenters. The molecule has 0 unspecified atom stereocenters. The Morgan fingerprint density at radius 1 is 1.44 bits per heavy atom. The lowest BCUT2D eigenvalue weighted by molar-refractivity contribution is 0.229. The largest absolute Gasteiger partial charge is 0.326 e. The first-order chi connectivity index (χ1) is 7.50. The number of likely N-dealkylation sites (N-methyl/N-ethyl adjacent to an activating group) is 1. The second-order valence-electron chi connectivity index (χ2n) is 3.57. The first-order valence-electron chi connectivity index (χ1n) is 4.68. The van der Waals surface area contributed by atoms with E-state index < -0.39 is 5.82 Å². The number of amides is 2. The summed E-state index contributed by atoms with van der Waals surface area (Å²) in [5, 5.41) is 0.232. The predicted molar refractivity (Wildman–Crippen MR) is 64.5 cm³/mol. The summed E-state index contributed by atoms with van der Waals surface area (Å²) in [6.07, 6.45) is 0. The third-order valence-corrected chi connectivity index (χ3v) is 3.21. The normalized spacial score (nSPS) is 16.1. The van der Waals surface area contributed by atoms with Gasteiger partial charge in [-0.15, -0.1) is 0 Å². The number of urea groups is 1. The molecule has 0 aromatic heterocycles. The smallest absolute Gasteiger partial charge is 0.324 e. The van der Waals surface area contributed by atoms with Crippen molar-refractivity contribution in [3.05, 3.63) is 27.4 Å². The van der Waals surface area contributed by atoms with Crippen molar-refractivity contribution in [2.24, 2.45) is 0 Å². The molecule has 3 nitrogen and oxygen atoms in total. The Hall–Kier alpha value is -0.810. The SMILES string of the molecule is CN1CCN(c2c(F)cc(Br)cc2Cl)C1=O. The Morgan fingerprint density at radius 2 is 2.12 bits per heavy atom. The summed E-state index contributed by atoms with van der Waals surface area (Å²) >= 11 is 9.09. The number of rotatable bonds is 1. The van der Waals surface area contributed by atoms with E-state index in [1.54, 1.807) is 13.1 Å². The van der Waals surface area contributed by atoms with Crippen LogP contribution >= 0.6 is 27.5 Å². The number of nitrogens with zero attached hydrogens (tertiary/aromatic N) is 2. The van der Waals surface area contributed by atoms with Crippen molar-refractivity contribution < 1.29 is 9.18 Å².